The number of fused-ring (bicyclic) bond motifs is 1. The molecular formula is C28H30F2N6O4. The van der Waals surface area contributed by atoms with Crippen molar-refractivity contribution in [1.29, 1.82) is 0 Å². The van der Waals surface area contributed by atoms with Gasteiger partial charge in [0.1, 0.15) is 5.75 Å². The summed E-state index contributed by atoms with van der Waals surface area (Å²) in [6.45, 7) is 2.20. The molecule has 1 aliphatic heterocycles. The average Bonchev–Trinajstić information content (AvgIpc) is 3.38. The minimum atomic E-state index is -2.88. The molecule has 2 aromatic heterocycles. The highest BCUT2D eigenvalue weighted by molar-refractivity contribution is 5.96. The van der Waals surface area contributed by atoms with E-state index < -0.39 is 6.61 Å². The molecule has 1 unspecified atom stereocenters. The molecule has 1 atom stereocenters. The number of benzene rings is 2. The molecule has 3 heterocycles. The number of carbonyl (C=O) groups is 1. The monoisotopic (exact) mass is 552 g/mol. The van der Waals surface area contributed by atoms with Crippen molar-refractivity contribution < 1.29 is 28.2 Å². The number of imidazole rings is 1. The molecule has 0 spiro atoms. The first-order valence-corrected chi connectivity index (χ1v) is 12.9. The van der Waals surface area contributed by atoms with E-state index in [0.717, 1.165) is 35.6 Å². The van der Waals surface area contributed by atoms with Gasteiger partial charge in [0.15, 0.2) is 11.5 Å². The average molecular weight is 553 g/mol. The van der Waals surface area contributed by atoms with Crippen LogP contribution in [-0.4, -0.2) is 82.4 Å². The van der Waals surface area contributed by atoms with Crippen molar-refractivity contribution in [3.8, 4) is 17.0 Å². The fourth-order valence-corrected chi connectivity index (χ4v) is 4.67. The van der Waals surface area contributed by atoms with Crippen molar-refractivity contribution in [3.63, 3.8) is 0 Å². The van der Waals surface area contributed by atoms with Gasteiger partial charge < -0.3 is 25.2 Å². The lowest BCUT2D eigenvalue weighted by atomic mass is 10.1. The fraction of sp³-hybridized carbons (Fsp3) is 0.321. The van der Waals surface area contributed by atoms with Crippen molar-refractivity contribution in [1.82, 2.24) is 24.6 Å². The predicted octanol–water partition coefficient (Wildman–Crippen LogP) is 3.47. The summed E-state index contributed by atoms with van der Waals surface area (Å²) in [6.07, 6.45) is 5.07. The maximum Gasteiger partial charge on any atom is 0.387 e. The van der Waals surface area contributed by atoms with Crippen molar-refractivity contribution in [2.45, 2.75) is 19.6 Å². The number of hydrogen-bond acceptors (Lipinski definition) is 8. The molecule has 210 valence electrons. The number of rotatable bonds is 10. The summed E-state index contributed by atoms with van der Waals surface area (Å²) >= 11 is 0. The number of aryl methyl sites for hydroxylation is 1. The van der Waals surface area contributed by atoms with Crippen LogP contribution in [0.3, 0.4) is 0 Å². The Hall–Kier alpha value is -4.13. The summed E-state index contributed by atoms with van der Waals surface area (Å²) in [5.74, 6) is 0.335. The van der Waals surface area contributed by atoms with E-state index in [2.05, 4.69) is 30.2 Å². The highest BCUT2D eigenvalue weighted by Crippen LogP contribution is 2.27. The smallest absolute Gasteiger partial charge is 0.387 e. The fourth-order valence-electron chi connectivity index (χ4n) is 4.67. The number of ether oxygens (including phenoxy) is 2. The lowest BCUT2D eigenvalue weighted by Gasteiger charge is -2.30. The van der Waals surface area contributed by atoms with Gasteiger partial charge >= 0.3 is 6.61 Å². The van der Waals surface area contributed by atoms with Crippen molar-refractivity contribution in [2.75, 3.05) is 44.8 Å². The van der Waals surface area contributed by atoms with Gasteiger partial charge in [0, 0.05) is 48.8 Å². The van der Waals surface area contributed by atoms with E-state index in [1.54, 1.807) is 42.9 Å². The molecule has 5 rings (SSSR count). The Morgan fingerprint density at radius 1 is 1.15 bits per heavy atom. The molecular weight excluding hydrogens is 522 g/mol. The maximum absolute atomic E-state index is 13.0. The van der Waals surface area contributed by atoms with Gasteiger partial charge in [-0.25, -0.2) is 9.97 Å². The van der Waals surface area contributed by atoms with E-state index >= 15 is 0 Å². The van der Waals surface area contributed by atoms with Crippen LogP contribution in [0.5, 0.6) is 5.75 Å². The number of amides is 1. The second-order valence-corrected chi connectivity index (χ2v) is 9.44. The number of aromatic nitrogens is 3. The van der Waals surface area contributed by atoms with Gasteiger partial charge in [-0.05, 0) is 55.0 Å². The van der Waals surface area contributed by atoms with Crippen LogP contribution in [0, 0.1) is 6.92 Å². The molecule has 40 heavy (non-hydrogen) atoms. The third-order valence-corrected chi connectivity index (χ3v) is 6.67. The first-order valence-electron chi connectivity index (χ1n) is 12.9. The summed E-state index contributed by atoms with van der Waals surface area (Å²) in [7, 11) is 0. The lowest BCUT2D eigenvalue weighted by Crippen LogP contribution is -2.49. The van der Waals surface area contributed by atoms with Gasteiger partial charge in [-0.1, -0.05) is 0 Å². The quantitative estimate of drug-likeness (QED) is 0.274. The summed E-state index contributed by atoms with van der Waals surface area (Å²) in [6, 6.07) is 11.3. The molecule has 3 N–H and O–H groups in total. The highest BCUT2D eigenvalue weighted by atomic mass is 19.3. The zero-order valence-electron chi connectivity index (χ0n) is 21.9. The van der Waals surface area contributed by atoms with Gasteiger partial charge in [0.25, 0.3) is 5.91 Å². The zero-order chi connectivity index (χ0) is 28.1. The Bertz CT molecular complexity index is 1460. The van der Waals surface area contributed by atoms with Gasteiger partial charge in [-0.3, -0.25) is 14.1 Å². The van der Waals surface area contributed by atoms with Gasteiger partial charge in [0.2, 0.25) is 0 Å². The second-order valence-electron chi connectivity index (χ2n) is 9.44. The third kappa shape index (κ3) is 6.36. The Morgan fingerprint density at radius 3 is 2.62 bits per heavy atom. The number of aliphatic hydroxyl groups excluding tert-OH is 1. The highest BCUT2D eigenvalue weighted by Gasteiger charge is 2.20. The topological polar surface area (TPSA) is 113 Å². The van der Waals surface area contributed by atoms with Crippen LogP contribution in [0.25, 0.3) is 16.9 Å². The van der Waals surface area contributed by atoms with Crippen LogP contribution < -0.4 is 15.4 Å². The molecule has 1 amide bonds. The standard InChI is InChI=1S/C28H30F2N6O4/c1-18-14-20(4-7-23(18)27(38)34-21(17-37)16-35-10-12-39-13-11-35)33-25-26-32-15-24(36(26)9-8-31-25)19-2-5-22(6-3-19)40-28(29)30/h2-9,14-15,21,28,37H,10-13,16-17H2,1H3,(H,31,33)(H,34,38). The molecule has 1 fully saturated rings. The van der Waals surface area contributed by atoms with Crippen molar-refractivity contribution in [2.24, 2.45) is 0 Å². The number of hydrogen-bond donors (Lipinski definition) is 3. The number of nitrogens with zero attached hydrogens (tertiary/aromatic N) is 4. The van der Waals surface area contributed by atoms with E-state index in [1.165, 1.54) is 12.1 Å². The van der Waals surface area contributed by atoms with E-state index in [-0.39, 0.29) is 24.3 Å². The Kier molecular flexibility index (Phi) is 8.48. The molecule has 4 aromatic rings. The summed E-state index contributed by atoms with van der Waals surface area (Å²) in [5.41, 5.74) is 4.08. The number of aliphatic hydroxyl groups is 1. The van der Waals surface area contributed by atoms with E-state index in [9.17, 15) is 18.7 Å². The summed E-state index contributed by atoms with van der Waals surface area (Å²) in [5, 5.41) is 16.0. The first kappa shape index (κ1) is 27.4. The van der Waals surface area contributed by atoms with E-state index in [4.69, 9.17) is 4.74 Å². The Balaban J connectivity index is 1.29. The molecule has 12 heteroatoms. The lowest BCUT2D eigenvalue weighted by molar-refractivity contribution is -0.0498. The van der Waals surface area contributed by atoms with Crippen LogP contribution in [0.1, 0.15) is 15.9 Å². The minimum absolute atomic E-state index is 0.0769. The Labute approximate surface area is 229 Å². The summed E-state index contributed by atoms with van der Waals surface area (Å²) in [4.78, 5) is 24.1. The molecule has 2 aromatic carbocycles. The largest absolute Gasteiger partial charge is 0.435 e. The molecule has 0 radical (unpaired) electrons. The molecule has 1 saturated heterocycles. The number of alkyl halides is 2. The van der Waals surface area contributed by atoms with Crippen LogP contribution in [0.2, 0.25) is 0 Å². The van der Waals surface area contributed by atoms with Crippen LogP contribution in [0.15, 0.2) is 61.1 Å². The van der Waals surface area contributed by atoms with Gasteiger partial charge in [-0.15, -0.1) is 0 Å². The van der Waals surface area contributed by atoms with Crippen molar-refractivity contribution in [3.05, 3.63) is 72.2 Å². The zero-order valence-corrected chi connectivity index (χ0v) is 21.9. The molecule has 10 nitrogen and oxygen atoms in total. The maximum atomic E-state index is 13.0. The molecule has 0 aliphatic carbocycles. The van der Waals surface area contributed by atoms with Crippen molar-refractivity contribution >= 4 is 23.1 Å². The number of anilines is 2. The number of nitrogens with one attached hydrogen (secondary N) is 2. The van der Waals surface area contributed by atoms with Gasteiger partial charge in [-0.2, -0.15) is 8.78 Å². The van der Waals surface area contributed by atoms with E-state index in [0.29, 0.717) is 36.8 Å². The van der Waals surface area contributed by atoms with Gasteiger partial charge in [0.05, 0.1) is 37.8 Å². The van der Waals surface area contributed by atoms with Crippen LogP contribution in [0.4, 0.5) is 20.3 Å². The number of halogens is 2. The third-order valence-electron chi connectivity index (χ3n) is 6.67. The summed E-state index contributed by atoms with van der Waals surface area (Å²) < 4.78 is 36.6. The predicted molar refractivity (Wildman–Crippen MR) is 145 cm³/mol. The second kappa shape index (κ2) is 12.4. The molecule has 0 bridgehead atoms. The SMILES string of the molecule is Cc1cc(Nc2nccn3c(-c4ccc(OC(F)F)cc4)cnc23)ccc1C(=O)NC(CO)CN1CCOCC1. The molecule has 0 saturated carbocycles. The minimum Gasteiger partial charge on any atom is -0.435 e. The Morgan fingerprint density at radius 2 is 1.93 bits per heavy atom. The van der Waals surface area contributed by atoms with E-state index in [1.807, 2.05) is 17.4 Å². The number of morpholine rings is 1. The van der Waals surface area contributed by atoms with Crippen LogP contribution in [-0.2, 0) is 4.74 Å². The normalized spacial score (nSPS) is 14.8. The molecule has 1 aliphatic rings. The first-order chi connectivity index (χ1) is 19.4. The number of carbonyl (C=O) groups excluding carboxylic acids is 1. The van der Waals surface area contributed by atoms with Crippen LogP contribution >= 0.6 is 0 Å².